The number of pyridine rings is 1. The average Bonchev–Trinajstić information content (AvgIpc) is 3.33. The lowest BCUT2D eigenvalue weighted by Gasteiger charge is -2.39. The molecule has 0 aromatic carbocycles. The molecule has 2 saturated heterocycles. The highest BCUT2D eigenvalue weighted by Gasteiger charge is 2.46. The van der Waals surface area contributed by atoms with Crippen molar-refractivity contribution in [3.05, 3.63) is 39.4 Å². The zero-order valence-electron chi connectivity index (χ0n) is 19.6. The van der Waals surface area contributed by atoms with Gasteiger partial charge in [0, 0.05) is 49.4 Å². The lowest BCUT2D eigenvalue weighted by molar-refractivity contribution is -0.126. The summed E-state index contributed by atoms with van der Waals surface area (Å²) < 4.78 is 23.6. The summed E-state index contributed by atoms with van der Waals surface area (Å²) in [7, 11) is -3.19. The van der Waals surface area contributed by atoms with Crippen molar-refractivity contribution in [3.63, 3.8) is 0 Å². The normalized spacial score (nSPS) is 22.6. The van der Waals surface area contributed by atoms with Gasteiger partial charge in [0.15, 0.2) is 15.7 Å². The maximum Gasteiger partial charge on any atom is 0.227 e. The van der Waals surface area contributed by atoms with Crippen LogP contribution in [0.3, 0.4) is 0 Å². The van der Waals surface area contributed by atoms with Crippen molar-refractivity contribution in [2.24, 2.45) is 15.8 Å². The zero-order chi connectivity index (χ0) is 24.5. The van der Waals surface area contributed by atoms with E-state index in [4.69, 9.17) is 5.53 Å². The summed E-state index contributed by atoms with van der Waals surface area (Å²) in [6.45, 7) is 6.76. The van der Waals surface area contributed by atoms with Crippen molar-refractivity contribution in [3.8, 4) is 0 Å². The fraction of sp³-hybridized carbons (Fsp3) is 0.636. The molecule has 1 aromatic rings. The van der Waals surface area contributed by atoms with Crippen LogP contribution in [0.5, 0.6) is 0 Å². The summed E-state index contributed by atoms with van der Waals surface area (Å²) >= 11 is 0. The molecule has 0 saturated carbocycles. The van der Waals surface area contributed by atoms with Crippen molar-refractivity contribution >= 4 is 21.6 Å². The van der Waals surface area contributed by atoms with Gasteiger partial charge in [0.2, 0.25) is 5.91 Å². The van der Waals surface area contributed by atoms with Gasteiger partial charge >= 0.3 is 0 Å². The van der Waals surface area contributed by atoms with Gasteiger partial charge < -0.3 is 9.80 Å². The Morgan fingerprint density at radius 2 is 2.03 bits per heavy atom. The maximum absolute atomic E-state index is 12.7. The number of amides is 1. The Kier molecular flexibility index (Phi) is 6.81. The number of sulfone groups is 1. The molecule has 1 aromatic heterocycles. The molecule has 34 heavy (non-hydrogen) atoms. The van der Waals surface area contributed by atoms with Gasteiger partial charge in [0.25, 0.3) is 0 Å². The Morgan fingerprint density at radius 3 is 2.59 bits per heavy atom. The van der Waals surface area contributed by atoms with E-state index >= 15 is 0 Å². The van der Waals surface area contributed by atoms with Crippen LogP contribution >= 0.6 is 0 Å². The number of nitrogens with zero attached hydrogens (tertiary/aromatic N) is 6. The number of carbonyl (C=O) groups is 1. The largest absolute Gasteiger partial charge is 0.315 e. The number of hydrogen-bond donors (Lipinski definition) is 1. The quantitative estimate of drug-likeness (QED) is 0.336. The highest BCUT2D eigenvalue weighted by Crippen LogP contribution is 2.43. The molecular formula is C22H31N7O4S. The molecule has 11 nitrogen and oxygen atoms in total. The van der Waals surface area contributed by atoms with E-state index in [2.05, 4.69) is 20.3 Å². The fourth-order valence-corrected chi connectivity index (χ4v) is 6.52. The monoisotopic (exact) mass is 489 g/mol. The lowest BCUT2D eigenvalue weighted by atomic mass is 9.77. The minimum absolute atomic E-state index is 0.00607. The molecule has 2 fully saturated rings. The Bertz CT molecular complexity index is 1110. The molecule has 4 heterocycles. The molecule has 1 spiro atoms. The van der Waals surface area contributed by atoms with Crippen LogP contribution in [0.1, 0.15) is 49.9 Å². The van der Waals surface area contributed by atoms with Crippen LogP contribution in [0.25, 0.3) is 0 Å². The number of aryl methyl sites for hydroxylation is 1. The molecule has 0 bridgehead atoms. The van der Waals surface area contributed by atoms with Crippen LogP contribution < -0.4 is 5.01 Å². The predicted molar refractivity (Wildman–Crippen MR) is 127 cm³/mol. The molecule has 3 aliphatic heterocycles. The van der Waals surface area contributed by atoms with E-state index in [1.165, 1.54) is 10.4 Å². The number of nitroso groups, excluding NO2 is 1. The van der Waals surface area contributed by atoms with E-state index in [9.17, 15) is 18.1 Å². The molecule has 4 rings (SSSR count). The fourth-order valence-electron chi connectivity index (χ4n) is 5.24. The standard InChI is InChI=1S/C22H31N7O4S/c1-3-29(26-23)20-5-4-18(16(2)24-20)19(25-31)13-27-9-7-22(8-10-27)12-21(30)28(15-22)17-6-11-34(32,33)14-17/h4-5,14,19,23H,3,6-13,15H2,1-2H3. The highest BCUT2D eigenvalue weighted by molar-refractivity contribution is 7.94. The molecule has 1 N–H and O–H groups in total. The number of nitrogens with one attached hydrogen (secondary N) is 1. The lowest BCUT2D eigenvalue weighted by Crippen LogP contribution is -2.42. The van der Waals surface area contributed by atoms with Crippen LogP contribution in [0.2, 0.25) is 0 Å². The second kappa shape index (κ2) is 9.49. The van der Waals surface area contributed by atoms with Gasteiger partial charge in [0.05, 0.1) is 11.2 Å². The Labute approximate surface area is 199 Å². The summed E-state index contributed by atoms with van der Waals surface area (Å²) in [6.07, 6.45) is 2.47. The van der Waals surface area contributed by atoms with E-state index in [-0.39, 0.29) is 17.1 Å². The minimum Gasteiger partial charge on any atom is -0.315 e. The van der Waals surface area contributed by atoms with Gasteiger partial charge in [-0.1, -0.05) is 16.5 Å². The molecule has 1 unspecified atom stereocenters. The Hall–Kier alpha value is -2.73. The third-order valence-corrected chi connectivity index (χ3v) is 8.66. The Morgan fingerprint density at radius 1 is 1.29 bits per heavy atom. The van der Waals surface area contributed by atoms with Crippen LogP contribution in [-0.2, 0) is 14.6 Å². The van der Waals surface area contributed by atoms with Crippen molar-refractivity contribution < 1.29 is 13.2 Å². The summed E-state index contributed by atoms with van der Waals surface area (Å²) in [5.74, 6) is 0.645. The summed E-state index contributed by atoms with van der Waals surface area (Å²) in [5, 5.41) is 9.55. The first-order chi connectivity index (χ1) is 16.2. The SMILES string of the molecule is CCN(N=N)c1ccc(C(CN2CCC3(CC2)CC(=O)N(C2=CS(=O)(=O)CC2)C3)N=O)c(C)n1. The number of carbonyl (C=O) groups excluding carboxylic acids is 1. The van der Waals surface area contributed by atoms with Crippen molar-refractivity contribution in [1.29, 1.82) is 5.53 Å². The second-order valence-corrected chi connectivity index (χ2v) is 11.4. The van der Waals surface area contributed by atoms with Gasteiger partial charge in [-0.2, -0.15) is 10.4 Å². The topological polar surface area (TPSA) is 139 Å². The molecule has 0 radical (unpaired) electrons. The molecule has 1 atom stereocenters. The van der Waals surface area contributed by atoms with E-state index in [0.717, 1.165) is 31.5 Å². The number of hydrogen-bond acceptors (Lipinski definition) is 9. The summed E-state index contributed by atoms with van der Waals surface area (Å²) in [6, 6.07) is 3.03. The number of piperidine rings is 1. The minimum atomic E-state index is -3.19. The van der Waals surface area contributed by atoms with Crippen LogP contribution in [0.15, 0.2) is 33.6 Å². The van der Waals surface area contributed by atoms with Gasteiger partial charge in [0.1, 0.15) is 6.04 Å². The first kappa shape index (κ1) is 24.4. The number of anilines is 1. The summed E-state index contributed by atoms with van der Waals surface area (Å²) in [4.78, 5) is 32.8. The molecule has 0 aliphatic carbocycles. The smallest absolute Gasteiger partial charge is 0.227 e. The first-order valence-corrected chi connectivity index (χ1v) is 13.3. The molecule has 12 heteroatoms. The molecule has 184 valence electrons. The van der Waals surface area contributed by atoms with Gasteiger partial charge in [-0.25, -0.2) is 18.4 Å². The number of aromatic nitrogens is 1. The molecular weight excluding hydrogens is 458 g/mol. The van der Waals surface area contributed by atoms with E-state index in [1.54, 1.807) is 11.0 Å². The van der Waals surface area contributed by atoms with E-state index < -0.39 is 15.9 Å². The van der Waals surface area contributed by atoms with Gasteiger partial charge in [-0.3, -0.25) is 4.79 Å². The third-order valence-electron chi connectivity index (χ3n) is 7.26. The highest BCUT2D eigenvalue weighted by atomic mass is 32.2. The summed E-state index contributed by atoms with van der Waals surface area (Å²) in [5.41, 5.74) is 9.18. The first-order valence-electron chi connectivity index (χ1n) is 11.6. The average molecular weight is 490 g/mol. The predicted octanol–water partition coefficient (Wildman–Crippen LogP) is 2.94. The Balaban J connectivity index is 1.38. The number of allylic oxidation sites excluding steroid dienone is 1. The van der Waals surface area contributed by atoms with Crippen LogP contribution in [0.4, 0.5) is 5.82 Å². The number of rotatable bonds is 8. The van der Waals surface area contributed by atoms with Crippen LogP contribution in [-0.4, -0.2) is 67.6 Å². The van der Waals surface area contributed by atoms with Crippen LogP contribution in [0, 0.1) is 22.8 Å². The maximum atomic E-state index is 12.7. The van der Waals surface area contributed by atoms with Crippen molar-refractivity contribution in [1.82, 2.24) is 14.8 Å². The zero-order valence-corrected chi connectivity index (χ0v) is 20.4. The van der Waals surface area contributed by atoms with E-state index in [1.807, 2.05) is 19.9 Å². The molecule has 3 aliphatic rings. The second-order valence-electron chi connectivity index (χ2n) is 9.46. The van der Waals surface area contributed by atoms with Gasteiger partial charge in [-0.15, -0.1) is 0 Å². The third kappa shape index (κ3) is 4.88. The van der Waals surface area contributed by atoms with Crippen molar-refractivity contribution in [2.45, 2.75) is 45.6 Å². The van der Waals surface area contributed by atoms with Crippen molar-refractivity contribution in [2.75, 3.05) is 43.5 Å². The number of likely N-dealkylation sites (tertiary alicyclic amines) is 2. The van der Waals surface area contributed by atoms with Gasteiger partial charge in [-0.05, 0) is 51.3 Å². The van der Waals surface area contributed by atoms with E-state index in [0.29, 0.717) is 49.7 Å². The molecule has 1 amide bonds.